The minimum Gasteiger partial charge on any atom is -0.369 e. The molecule has 2 N–H and O–H groups in total. The molecule has 0 amide bonds. The highest BCUT2D eigenvalue weighted by atomic mass is 15.1. The van der Waals surface area contributed by atoms with Crippen molar-refractivity contribution in [3.63, 3.8) is 0 Å². The van der Waals surface area contributed by atoms with Gasteiger partial charge in [-0.1, -0.05) is 0 Å². The first-order valence-electron chi connectivity index (χ1n) is 6.55. The molecule has 0 bridgehead atoms. The van der Waals surface area contributed by atoms with Gasteiger partial charge >= 0.3 is 0 Å². The Bertz CT molecular complexity index is 972. The summed E-state index contributed by atoms with van der Waals surface area (Å²) in [6, 6.07) is 7.74. The monoisotopic (exact) mass is 276 g/mol. The molecule has 0 aliphatic carbocycles. The summed E-state index contributed by atoms with van der Waals surface area (Å²) >= 11 is 0. The molecule has 21 heavy (non-hydrogen) atoms. The van der Waals surface area contributed by atoms with E-state index in [0.29, 0.717) is 5.95 Å². The summed E-state index contributed by atoms with van der Waals surface area (Å²) in [5.41, 5.74) is 9.60. The van der Waals surface area contributed by atoms with Gasteiger partial charge < -0.3 is 5.73 Å². The maximum Gasteiger partial charge on any atom is 0.206 e. The molecule has 4 heterocycles. The summed E-state index contributed by atoms with van der Waals surface area (Å²) < 4.78 is 1.85. The van der Waals surface area contributed by atoms with Crippen LogP contribution in [0.3, 0.4) is 0 Å². The van der Waals surface area contributed by atoms with E-state index in [1.807, 2.05) is 35.6 Å². The molecule has 102 valence electrons. The molecule has 0 aliphatic rings. The maximum atomic E-state index is 6.02. The number of anilines is 1. The van der Waals surface area contributed by atoms with Crippen molar-refractivity contribution in [2.24, 2.45) is 0 Å². The van der Waals surface area contributed by atoms with Crippen LogP contribution in [0.15, 0.2) is 42.9 Å². The van der Waals surface area contributed by atoms with Crippen molar-refractivity contribution < 1.29 is 0 Å². The summed E-state index contributed by atoms with van der Waals surface area (Å²) in [4.78, 5) is 17.3. The minimum absolute atomic E-state index is 0.410. The summed E-state index contributed by atoms with van der Waals surface area (Å²) in [6.07, 6.45) is 5.20. The van der Waals surface area contributed by atoms with Crippen molar-refractivity contribution >= 4 is 22.5 Å². The molecular formula is C15H12N6. The Morgan fingerprint density at radius 2 is 1.86 bits per heavy atom. The van der Waals surface area contributed by atoms with Gasteiger partial charge in [0.2, 0.25) is 5.95 Å². The zero-order valence-electron chi connectivity index (χ0n) is 11.4. The molecule has 6 nitrogen and oxygen atoms in total. The van der Waals surface area contributed by atoms with Crippen LogP contribution in [-0.2, 0) is 0 Å². The molecule has 4 aromatic rings. The van der Waals surface area contributed by atoms with Crippen molar-refractivity contribution in [2.45, 2.75) is 6.92 Å². The lowest BCUT2D eigenvalue weighted by atomic mass is 10.1. The number of nitrogens with zero attached hydrogens (tertiary/aromatic N) is 5. The molecule has 0 atom stereocenters. The van der Waals surface area contributed by atoms with Gasteiger partial charge in [0.25, 0.3) is 0 Å². The topological polar surface area (TPSA) is 82.0 Å². The third-order valence-electron chi connectivity index (χ3n) is 3.47. The number of hydrogen-bond acceptors (Lipinski definition) is 5. The molecule has 0 spiro atoms. The predicted molar refractivity (Wildman–Crippen MR) is 80.7 cm³/mol. The van der Waals surface area contributed by atoms with Gasteiger partial charge in [0.15, 0.2) is 0 Å². The molecule has 0 saturated heterocycles. The number of nitrogen functional groups attached to an aromatic ring is 1. The van der Waals surface area contributed by atoms with E-state index in [0.717, 1.165) is 33.6 Å². The third-order valence-corrected chi connectivity index (χ3v) is 3.47. The number of aromatic nitrogens is 5. The van der Waals surface area contributed by atoms with E-state index < -0.39 is 0 Å². The zero-order valence-corrected chi connectivity index (χ0v) is 11.4. The van der Waals surface area contributed by atoms with Gasteiger partial charge in [-0.2, -0.15) is 0 Å². The molecule has 0 radical (unpaired) electrons. The smallest absolute Gasteiger partial charge is 0.206 e. The molecular weight excluding hydrogens is 264 g/mol. The number of hydrogen-bond donors (Lipinski definition) is 1. The lowest BCUT2D eigenvalue weighted by Crippen LogP contribution is -1.99. The summed E-state index contributed by atoms with van der Waals surface area (Å²) in [7, 11) is 0. The van der Waals surface area contributed by atoms with Crippen LogP contribution in [0.4, 0.5) is 5.95 Å². The Balaban J connectivity index is 2.23. The predicted octanol–water partition coefficient (Wildman–Crippen LogP) is 2.23. The van der Waals surface area contributed by atoms with Crippen LogP contribution in [-0.4, -0.2) is 24.3 Å². The second-order valence-corrected chi connectivity index (χ2v) is 4.76. The van der Waals surface area contributed by atoms with Gasteiger partial charge in [-0.3, -0.25) is 4.40 Å². The fourth-order valence-electron chi connectivity index (χ4n) is 2.63. The third kappa shape index (κ3) is 1.66. The van der Waals surface area contributed by atoms with Crippen molar-refractivity contribution in [1.29, 1.82) is 0 Å². The van der Waals surface area contributed by atoms with Crippen LogP contribution in [0.25, 0.3) is 27.8 Å². The first-order chi connectivity index (χ1) is 10.3. The second-order valence-electron chi connectivity index (χ2n) is 4.76. The highest BCUT2D eigenvalue weighted by Gasteiger charge is 2.16. The number of aryl methyl sites for hydroxylation is 1. The first kappa shape index (κ1) is 11.8. The van der Waals surface area contributed by atoms with Gasteiger partial charge in [-0.05, 0) is 31.2 Å². The number of fused-ring (bicyclic) bond motifs is 3. The van der Waals surface area contributed by atoms with Crippen LogP contribution in [0.2, 0.25) is 0 Å². The van der Waals surface area contributed by atoms with Gasteiger partial charge in [-0.25, -0.2) is 19.9 Å². The molecule has 0 aliphatic heterocycles. The Morgan fingerprint density at radius 3 is 2.71 bits per heavy atom. The maximum absolute atomic E-state index is 6.02. The van der Waals surface area contributed by atoms with Crippen molar-refractivity contribution in [3.8, 4) is 11.3 Å². The normalized spacial score (nSPS) is 11.3. The fraction of sp³-hybridized carbons (Fsp3) is 0.0667. The number of pyridine rings is 1. The van der Waals surface area contributed by atoms with E-state index in [2.05, 4.69) is 19.9 Å². The highest BCUT2D eigenvalue weighted by molar-refractivity contribution is 6.03. The van der Waals surface area contributed by atoms with Gasteiger partial charge in [0.05, 0.1) is 11.2 Å². The second kappa shape index (κ2) is 4.24. The van der Waals surface area contributed by atoms with E-state index in [4.69, 9.17) is 5.73 Å². The molecule has 6 heteroatoms. The van der Waals surface area contributed by atoms with Crippen LogP contribution in [0, 0.1) is 6.92 Å². The Hall–Kier alpha value is -3.02. The van der Waals surface area contributed by atoms with Crippen LogP contribution >= 0.6 is 0 Å². The van der Waals surface area contributed by atoms with Gasteiger partial charge in [-0.15, -0.1) is 0 Å². The number of rotatable bonds is 1. The van der Waals surface area contributed by atoms with Gasteiger partial charge in [0, 0.05) is 29.5 Å². The number of nitrogens with two attached hydrogens (primary N) is 1. The van der Waals surface area contributed by atoms with Crippen molar-refractivity contribution in [2.75, 3.05) is 5.73 Å². The summed E-state index contributed by atoms with van der Waals surface area (Å²) in [5.74, 6) is 1.14. The first-order valence-corrected chi connectivity index (χ1v) is 6.55. The standard InChI is InChI=1S/C15H12N6/c1-9-17-7-4-11(20-9)13-10-3-2-6-18-14(10)21-12(13)5-8-19-15(21)16/h2-8H,1H3,(H2,16,19). The minimum atomic E-state index is 0.410. The van der Waals surface area contributed by atoms with E-state index in [9.17, 15) is 0 Å². The summed E-state index contributed by atoms with van der Waals surface area (Å²) in [5, 5.41) is 0.996. The Kier molecular flexibility index (Phi) is 2.38. The van der Waals surface area contributed by atoms with Crippen molar-refractivity contribution in [1.82, 2.24) is 24.3 Å². The molecule has 0 fully saturated rings. The Morgan fingerprint density at radius 1 is 1.00 bits per heavy atom. The zero-order chi connectivity index (χ0) is 14.4. The van der Waals surface area contributed by atoms with E-state index in [-0.39, 0.29) is 0 Å². The quantitative estimate of drug-likeness (QED) is 0.576. The molecule has 0 saturated carbocycles. The van der Waals surface area contributed by atoms with E-state index >= 15 is 0 Å². The molecule has 4 rings (SSSR count). The largest absolute Gasteiger partial charge is 0.369 e. The van der Waals surface area contributed by atoms with Gasteiger partial charge in [0.1, 0.15) is 11.5 Å². The lowest BCUT2D eigenvalue weighted by Gasteiger charge is -2.02. The average Bonchev–Trinajstić information content (AvgIpc) is 2.83. The van der Waals surface area contributed by atoms with Crippen LogP contribution in [0.5, 0.6) is 0 Å². The van der Waals surface area contributed by atoms with E-state index in [1.54, 1.807) is 18.6 Å². The fourth-order valence-corrected chi connectivity index (χ4v) is 2.63. The van der Waals surface area contributed by atoms with Crippen molar-refractivity contribution in [3.05, 3.63) is 48.7 Å². The lowest BCUT2D eigenvalue weighted by molar-refractivity contribution is 1.06. The SMILES string of the molecule is Cc1nccc(-c2c3cccnc3n3c(N)nccc23)n1. The molecule has 0 unspecified atom stereocenters. The van der Waals surface area contributed by atoms with Crippen LogP contribution in [0.1, 0.15) is 5.82 Å². The highest BCUT2D eigenvalue weighted by Crippen LogP contribution is 2.33. The molecule has 0 aromatic carbocycles. The molecule has 4 aromatic heterocycles. The average molecular weight is 276 g/mol. The Labute approximate surface area is 120 Å². The van der Waals surface area contributed by atoms with E-state index in [1.165, 1.54) is 0 Å². The van der Waals surface area contributed by atoms with Crippen LogP contribution < -0.4 is 5.73 Å². The summed E-state index contributed by atoms with van der Waals surface area (Å²) in [6.45, 7) is 1.87.